The van der Waals surface area contributed by atoms with Gasteiger partial charge in [-0.25, -0.2) is 8.42 Å². The summed E-state index contributed by atoms with van der Waals surface area (Å²) in [5.74, 6) is -0.277. The molecule has 0 N–H and O–H groups in total. The summed E-state index contributed by atoms with van der Waals surface area (Å²) in [5.41, 5.74) is 0.428. The normalized spacial score (nSPS) is 17.6. The number of sulfone groups is 1. The van der Waals surface area contributed by atoms with Gasteiger partial charge in [-0.3, -0.25) is 9.59 Å². The SMILES string of the molecule is CCCCN(C(=O)c1nn(-c2ccccc2)c(=O)c2ccccc12)[C@H]1CCS(=O)(=O)C1. The van der Waals surface area contributed by atoms with E-state index in [1.165, 1.54) is 4.68 Å². The highest BCUT2D eigenvalue weighted by molar-refractivity contribution is 7.91. The first-order valence-corrected chi connectivity index (χ1v) is 12.3. The Bertz CT molecular complexity index is 1270. The van der Waals surface area contributed by atoms with Crippen LogP contribution in [0.2, 0.25) is 0 Å². The van der Waals surface area contributed by atoms with Gasteiger partial charge in [-0.2, -0.15) is 9.78 Å². The van der Waals surface area contributed by atoms with Gasteiger partial charge >= 0.3 is 0 Å². The molecule has 31 heavy (non-hydrogen) atoms. The molecule has 8 heteroatoms. The Morgan fingerprint density at radius 2 is 1.77 bits per heavy atom. The number of nitrogens with zero attached hydrogens (tertiary/aromatic N) is 3. The fourth-order valence-electron chi connectivity index (χ4n) is 4.03. The molecule has 0 aliphatic carbocycles. The number of hydrogen-bond acceptors (Lipinski definition) is 5. The molecular formula is C23H25N3O4S. The van der Waals surface area contributed by atoms with Crippen molar-refractivity contribution in [2.75, 3.05) is 18.1 Å². The third kappa shape index (κ3) is 4.25. The zero-order valence-corrected chi connectivity index (χ0v) is 18.2. The number of benzene rings is 2. The quantitative estimate of drug-likeness (QED) is 0.589. The zero-order valence-electron chi connectivity index (χ0n) is 17.4. The average Bonchev–Trinajstić information content (AvgIpc) is 3.14. The Hall–Kier alpha value is -3.00. The van der Waals surface area contributed by atoms with Crippen LogP contribution >= 0.6 is 0 Å². The molecule has 0 radical (unpaired) electrons. The largest absolute Gasteiger partial charge is 0.333 e. The van der Waals surface area contributed by atoms with Crippen molar-refractivity contribution in [2.45, 2.75) is 32.2 Å². The highest BCUT2D eigenvalue weighted by Gasteiger charge is 2.36. The number of carbonyl (C=O) groups is 1. The van der Waals surface area contributed by atoms with E-state index in [2.05, 4.69) is 5.10 Å². The molecule has 0 spiro atoms. The number of aromatic nitrogens is 2. The first-order valence-electron chi connectivity index (χ1n) is 10.5. The number of fused-ring (bicyclic) bond motifs is 1. The summed E-state index contributed by atoms with van der Waals surface area (Å²) >= 11 is 0. The molecule has 3 aromatic rings. The first kappa shape index (κ1) is 21.2. The Kier molecular flexibility index (Phi) is 5.91. The highest BCUT2D eigenvalue weighted by atomic mass is 32.2. The van der Waals surface area contributed by atoms with E-state index in [1.54, 1.807) is 53.4 Å². The van der Waals surface area contributed by atoms with E-state index >= 15 is 0 Å². The molecule has 1 atom stereocenters. The third-order valence-corrected chi connectivity index (χ3v) is 7.42. The summed E-state index contributed by atoms with van der Waals surface area (Å²) in [4.78, 5) is 28.4. The number of rotatable bonds is 6. The summed E-state index contributed by atoms with van der Waals surface area (Å²) < 4.78 is 25.4. The Morgan fingerprint density at radius 3 is 2.42 bits per heavy atom. The van der Waals surface area contributed by atoms with Crippen LogP contribution in [0.5, 0.6) is 0 Å². The van der Waals surface area contributed by atoms with Crippen molar-refractivity contribution >= 4 is 26.5 Å². The molecule has 1 aliphatic rings. The summed E-state index contributed by atoms with van der Waals surface area (Å²) in [6.45, 7) is 2.48. The molecular weight excluding hydrogens is 414 g/mol. The van der Waals surface area contributed by atoms with E-state index in [-0.39, 0.29) is 34.7 Å². The van der Waals surface area contributed by atoms with Gasteiger partial charge in [0.15, 0.2) is 15.5 Å². The molecule has 1 aromatic heterocycles. The number of unbranched alkanes of at least 4 members (excludes halogenated alkanes) is 1. The van der Waals surface area contributed by atoms with Gasteiger partial charge in [-0.1, -0.05) is 49.7 Å². The molecule has 4 rings (SSSR count). The van der Waals surface area contributed by atoms with Crippen LogP contribution in [0.15, 0.2) is 59.4 Å². The molecule has 162 valence electrons. The molecule has 1 amide bonds. The van der Waals surface area contributed by atoms with Gasteiger partial charge in [-0.05, 0) is 31.0 Å². The summed E-state index contributed by atoms with van der Waals surface area (Å²) in [6, 6.07) is 15.5. The first-order chi connectivity index (χ1) is 14.9. The lowest BCUT2D eigenvalue weighted by Gasteiger charge is -2.28. The van der Waals surface area contributed by atoms with Crippen molar-refractivity contribution in [3.8, 4) is 5.69 Å². The molecule has 0 bridgehead atoms. The molecule has 7 nitrogen and oxygen atoms in total. The van der Waals surface area contributed by atoms with Crippen LogP contribution in [0.1, 0.15) is 36.7 Å². The minimum absolute atomic E-state index is 0.0291. The van der Waals surface area contributed by atoms with Crippen LogP contribution in [-0.2, 0) is 9.84 Å². The van der Waals surface area contributed by atoms with E-state index in [0.717, 1.165) is 12.8 Å². The summed E-state index contributed by atoms with van der Waals surface area (Å²) in [5, 5.41) is 5.35. The fraction of sp³-hybridized carbons (Fsp3) is 0.348. The minimum Gasteiger partial charge on any atom is -0.333 e. The molecule has 1 aliphatic heterocycles. The van der Waals surface area contributed by atoms with Crippen LogP contribution in [0.4, 0.5) is 0 Å². The maximum absolute atomic E-state index is 13.7. The second-order valence-corrected chi connectivity index (χ2v) is 10.1. The van der Waals surface area contributed by atoms with E-state index in [0.29, 0.717) is 29.4 Å². The molecule has 0 saturated carbocycles. The van der Waals surface area contributed by atoms with Crippen molar-refractivity contribution < 1.29 is 13.2 Å². The second kappa shape index (κ2) is 8.63. The van der Waals surface area contributed by atoms with E-state index in [4.69, 9.17) is 0 Å². The van der Waals surface area contributed by atoms with Crippen molar-refractivity contribution in [3.05, 3.63) is 70.6 Å². The summed E-state index contributed by atoms with van der Waals surface area (Å²) in [6.07, 6.45) is 2.06. The van der Waals surface area contributed by atoms with Gasteiger partial charge in [0.1, 0.15) is 0 Å². The zero-order chi connectivity index (χ0) is 22.0. The Labute approximate surface area is 181 Å². The van der Waals surface area contributed by atoms with Gasteiger partial charge in [0.2, 0.25) is 0 Å². The number of para-hydroxylation sites is 1. The monoisotopic (exact) mass is 439 g/mol. The van der Waals surface area contributed by atoms with Gasteiger partial charge < -0.3 is 4.90 Å². The standard InChI is InChI=1S/C23H25N3O4S/c1-2-3-14-25(18-13-15-31(29,30)16-18)23(28)21-19-11-7-8-12-20(19)22(27)26(24-21)17-9-5-4-6-10-17/h4-12,18H,2-3,13-16H2,1H3/t18-/m0/s1. The molecule has 0 unspecified atom stereocenters. The smallest absolute Gasteiger partial charge is 0.279 e. The van der Waals surface area contributed by atoms with Gasteiger partial charge in [0.05, 0.1) is 22.6 Å². The van der Waals surface area contributed by atoms with Crippen LogP contribution in [0.3, 0.4) is 0 Å². The van der Waals surface area contributed by atoms with Gasteiger partial charge in [0.25, 0.3) is 11.5 Å². The maximum Gasteiger partial charge on any atom is 0.279 e. The van der Waals surface area contributed by atoms with Crippen LogP contribution < -0.4 is 5.56 Å². The van der Waals surface area contributed by atoms with Crippen molar-refractivity contribution in [1.82, 2.24) is 14.7 Å². The Balaban J connectivity index is 1.86. The predicted octanol–water partition coefficient (Wildman–Crippen LogP) is 2.82. The summed E-state index contributed by atoms with van der Waals surface area (Å²) in [7, 11) is -3.15. The molecule has 1 saturated heterocycles. The van der Waals surface area contributed by atoms with Crippen LogP contribution in [0, 0.1) is 0 Å². The third-order valence-electron chi connectivity index (χ3n) is 5.67. The number of hydrogen-bond donors (Lipinski definition) is 0. The van der Waals surface area contributed by atoms with E-state index in [1.807, 2.05) is 13.0 Å². The Morgan fingerprint density at radius 1 is 1.10 bits per heavy atom. The lowest BCUT2D eigenvalue weighted by atomic mass is 10.1. The number of amides is 1. The second-order valence-electron chi connectivity index (χ2n) is 7.86. The molecule has 2 heterocycles. The van der Waals surface area contributed by atoms with Crippen LogP contribution in [0.25, 0.3) is 16.5 Å². The van der Waals surface area contributed by atoms with E-state index in [9.17, 15) is 18.0 Å². The highest BCUT2D eigenvalue weighted by Crippen LogP contribution is 2.23. The lowest BCUT2D eigenvalue weighted by molar-refractivity contribution is 0.0688. The molecule has 2 aromatic carbocycles. The fourth-order valence-corrected chi connectivity index (χ4v) is 5.76. The maximum atomic E-state index is 13.7. The number of carbonyl (C=O) groups excluding carboxylic acids is 1. The van der Waals surface area contributed by atoms with Crippen LogP contribution in [-0.4, -0.2) is 53.1 Å². The van der Waals surface area contributed by atoms with E-state index < -0.39 is 9.84 Å². The predicted molar refractivity (Wildman–Crippen MR) is 120 cm³/mol. The minimum atomic E-state index is -3.15. The van der Waals surface area contributed by atoms with Crippen molar-refractivity contribution in [1.29, 1.82) is 0 Å². The van der Waals surface area contributed by atoms with Gasteiger partial charge in [-0.15, -0.1) is 0 Å². The van der Waals surface area contributed by atoms with Crippen molar-refractivity contribution in [2.24, 2.45) is 0 Å². The van der Waals surface area contributed by atoms with Gasteiger partial charge in [0, 0.05) is 18.0 Å². The average molecular weight is 440 g/mol. The topological polar surface area (TPSA) is 89.3 Å². The lowest BCUT2D eigenvalue weighted by Crippen LogP contribution is -2.43. The molecule has 1 fully saturated rings. The van der Waals surface area contributed by atoms with Crippen molar-refractivity contribution in [3.63, 3.8) is 0 Å².